The van der Waals surface area contributed by atoms with Gasteiger partial charge in [0, 0.05) is 43.8 Å². The molecule has 4 aromatic heterocycles. The summed E-state index contributed by atoms with van der Waals surface area (Å²) in [4.78, 5) is 30.1. The number of pyridine rings is 4. The van der Waals surface area contributed by atoms with Crippen LogP contribution in [0.25, 0.3) is 0 Å². The van der Waals surface area contributed by atoms with Gasteiger partial charge in [0.25, 0.3) is 0 Å². The number of ether oxygens (including phenoxy) is 1. The van der Waals surface area contributed by atoms with E-state index in [4.69, 9.17) is 14.7 Å². The third kappa shape index (κ3) is 5.12. The lowest BCUT2D eigenvalue weighted by molar-refractivity contribution is 0.254. The molecule has 1 unspecified atom stereocenters. The maximum atomic E-state index is 11.9. The molecule has 0 aliphatic rings. The molecule has 8 heteroatoms. The Kier molecular flexibility index (Phi) is 6.84. The summed E-state index contributed by atoms with van der Waals surface area (Å²) in [6.07, 6.45) is 7.18. The Labute approximate surface area is 192 Å². The molecule has 2 amide bonds. The highest BCUT2D eigenvalue weighted by molar-refractivity contribution is 5.87. The maximum absolute atomic E-state index is 11.9. The number of hydrogen-bond acceptors (Lipinski definition) is 6. The molecule has 0 aliphatic carbocycles. The number of carbonyl (C=O) groups is 1. The molecular weight excluding hydrogens is 416 g/mol. The lowest BCUT2D eigenvalue weighted by Gasteiger charge is -2.27. The van der Waals surface area contributed by atoms with Gasteiger partial charge >= 0.3 is 6.03 Å². The van der Waals surface area contributed by atoms with Crippen LogP contribution in [0.2, 0.25) is 0 Å². The summed E-state index contributed by atoms with van der Waals surface area (Å²) in [7, 11) is 3.15. The van der Waals surface area contributed by atoms with Crippen LogP contribution < -0.4 is 15.4 Å². The molecule has 0 radical (unpaired) electrons. The second-order valence-corrected chi connectivity index (χ2v) is 7.28. The van der Waals surface area contributed by atoms with E-state index in [1.807, 2.05) is 60.9 Å². The van der Waals surface area contributed by atoms with E-state index in [1.54, 1.807) is 38.7 Å². The van der Waals surface area contributed by atoms with Crippen molar-refractivity contribution in [3.05, 3.63) is 108 Å². The highest BCUT2D eigenvalue weighted by Gasteiger charge is 2.31. The fourth-order valence-electron chi connectivity index (χ4n) is 3.78. The van der Waals surface area contributed by atoms with E-state index in [2.05, 4.69) is 20.6 Å². The molecule has 4 aromatic rings. The van der Waals surface area contributed by atoms with Gasteiger partial charge in [-0.15, -0.1) is 0 Å². The van der Waals surface area contributed by atoms with Gasteiger partial charge in [0.05, 0.1) is 24.4 Å². The molecule has 0 aliphatic heterocycles. The van der Waals surface area contributed by atoms with Crippen LogP contribution >= 0.6 is 0 Å². The molecule has 4 heterocycles. The molecule has 33 heavy (non-hydrogen) atoms. The number of methoxy groups -OCH3 is 1. The summed E-state index contributed by atoms with van der Waals surface area (Å²) >= 11 is 0. The van der Waals surface area contributed by atoms with Crippen LogP contribution in [0.4, 0.5) is 10.6 Å². The topological polar surface area (TPSA) is 102 Å². The summed E-state index contributed by atoms with van der Waals surface area (Å²) in [6, 6.07) is 18.8. The lowest BCUT2D eigenvalue weighted by Crippen LogP contribution is -2.25. The zero-order valence-electron chi connectivity index (χ0n) is 18.3. The second-order valence-electron chi connectivity index (χ2n) is 7.28. The van der Waals surface area contributed by atoms with E-state index in [1.165, 1.54) is 0 Å². The quantitative estimate of drug-likeness (QED) is 0.451. The van der Waals surface area contributed by atoms with Crippen LogP contribution in [0.1, 0.15) is 34.4 Å². The van der Waals surface area contributed by atoms with Gasteiger partial charge in [0.2, 0.25) is 5.88 Å². The predicted molar refractivity (Wildman–Crippen MR) is 125 cm³/mol. The number of amides is 2. The lowest BCUT2D eigenvalue weighted by atomic mass is 9.78. The van der Waals surface area contributed by atoms with Crippen molar-refractivity contribution in [2.24, 2.45) is 0 Å². The minimum Gasteiger partial charge on any atom is -0.481 e. The summed E-state index contributed by atoms with van der Waals surface area (Å²) in [6.45, 7) is 0. The fourth-order valence-corrected chi connectivity index (χ4v) is 3.78. The van der Waals surface area contributed by atoms with Crippen LogP contribution in [0.15, 0.2) is 85.5 Å². The van der Waals surface area contributed by atoms with Crippen molar-refractivity contribution in [3.8, 4) is 5.88 Å². The Hall–Kier alpha value is -4.33. The van der Waals surface area contributed by atoms with Gasteiger partial charge in [-0.25, -0.2) is 14.8 Å². The number of anilines is 1. The van der Waals surface area contributed by atoms with Crippen LogP contribution in [0.5, 0.6) is 5.88 Å². The number of carbonyl (C=O) groups excluding carboxylic acids is 1. The average molecular weight is 441 g/mol. The van der Waals surface area contributed by atoms with Gasteiger partial charge in [-0.05, 0) is 41.5 Å². The zero-order valence-corrected chi connectivity index (χ0v) is 18.3. The van der Waals surface area contributed by atoms with E-state index in [-0.39, 0.29) is 17.9 Å². The molecular formula is C25H24N6O2. The van der Waals surface area contributed by atoms with Crippen molar-refractivity contribution >= 4 is 11.8 Å². The van der Waals surface area contributed by atoms with Crippen molar-refractivity contribution in [2.75, 3.05) is 19.5 Å². The Balaban J connectivity index is 1.91. The summed E-state index contributed by atoms with van der Waals surface area (Å²) in [5.41, 5.74) is 3.50. The average Bonchev–Trinajstić information content (AvgIpc) is 2.88. The molecule has 0 spiro atoms. The first-order valence-corrected chi connectivity index (χ1v) is 10.5. The van der Waals surface area contributed by atoms with Crippen molar-refractivity contribution < 1.29 is 9.53 Å². The number of nitrogens with one attached hydrogen (secondary N) is 2. The zero-order chi connectivity index (χ0) is 23.0. The molecule has 2 N–H and O–H groups in total. The van der Waals surface area contributed by atoms with Gasteiger partial charge < -0.3 is 10.1 Å². The summed E-state index contributed by atoms with van der Waals surface area (Å²) in [5.74, 6) is 0.457. The number of aromatic nitrogens is 4. The maximum Gasteiger partial charge on any atom is 0.320 e. The van der Waals surface area contributed by atoms with Gasteiger partial charge in [0.1, 0.15) is 5.82 Å². The van der Waals surface area contributed by atoms with Crippen LogP contribution in [0.3, 0.4) is 0 Å². The first-order valence-electron chi connectivity index (χ1n) is 10.5. The molecule has 1 atom stereocenters. The Morgan fingerprint density at radius 1 is 0.818 bits per heavy atom. The third-order valence-electron chi connectivity index (χ3n) is 5.25. The highest BCUT2D eigenvalue weighted by Crippen LogP contribution is 2.41. The predicted octanol–water partition coefficient (Wildman–Crippen LogP) is 3.99. The van der Waals surface area contributed by atoms with Crippen molar-refractivity contribution in [1.29, 1.82) is 0 Å². The third-order valence-corrected chi connectivity index (χ3v) is 5.25. The number of rotatable bonds is 7. The molecule has 0 fully saturated rings. The molecule has 166 valence electrons. The fraction of sp³-hybridized carbons (Fsp3) is 0.160. The summed E-state index contributed by atoms with van der Waals surface area (Å²) < 4.78 is 5.40. The van der Waals surface area contributed by atoms with Gasteiger partial charge in [-0.3, -0.25) is 15.3 Å². The monoisotopic (exact) mass is 440 g/mol. The van der Waals surface area contributed by atoms with Crippen LogP contribution in [-0.2, 0) is 0 Å². The minimum atomic E-state index is -0.341. The van der Waals surface area contributed by atoms with Gasteiger partial charge in [-0.2, -0.15) is 0 Å². The first kappa shape index (κ1) is 21.9. The SMILES string of the molecule is CNC(=O)Nc1cccc(C(c2cccc(OC)n2)C(c2cccnc2)c2cccnc2)n1. The van der Waals surface area contributed by atoms with E-state index >= 15 is 0 Å². The molecule has 4 rings (SSSR count). The molecule has 0 bridgehead atoms. The van der Waals surface area contributed by atoms with Crippen molar-refractivity contribution in [2.45, 2.75) is 11.8 Å². The van der Waals surface area contributed by atoms with E-state index in [0.29, 0.717) is 11.7 Å². The van der Waals surface area contributed by atoms with Gasteiger partial charge in [0.15, 0.2) is 0 Å². The van der Waals surface area contributed by atoms with E-state index in [0.717, 1.165) is 22.5 Å². The van der Waals surface area contributed by atoms with E-state index in [9.17, 15) is 4.79 Å². The minimum absolute atomic E-state index is 0.185. The van der Waals surface area contributed by atoms with E-state index < -0.39 is 0 Å². The Morgan fingerprint density at radius 2 is 1.45 bits per heavy atom. The largest absolute Gasteiger partial charge is 0.481 e. The number of nitrogens with zero attached hydrogens (tertiary/aromatic N) is 4. The molecule has 0 saturated heterocycles. The van der Waals surface area contributed by atoms with Crippen LogP contribution in [0, 0.1) is 0 Å². The Bertz CT molecular complexity index is 1160. The Morgan fingerprint density at radius 3 is 2.03 bits per heavy atom. The highest BCUT2D eigenvalue weighted by atomic mass is 16.5. The molecule has 0 aromatic carbocycles. The first-order chi connectivity index (χ1) is 16.2. The number of urea groups is 1. The normalized spacial score (nSPS) is 11.6. The molecule has 8 nitrogen and oxygen atoms in total. The smallest absolute Gasteiger partial charge is 0.320 e. The standard InChI is InChI=1S/C25H24N6O2/c1-26-25(32)31-21-11-3-9-19(29-21)24(20-10-4-12-22(30-20)33-2)23(17-7-5-13-27-15-17)18-8-6-14-28-16-18/h3-16,23-24H,1-2H3,(H2,26,29,31,32). The molecule has 0 saturated carbocycles. The summed E-state index contributed by atoms with van der Waals surface area (Å²) in [5, 5.41) is 5.30. The van der Waals surface area contributed by atoms with Crippen molar-refractivity contribution in [3.63, 3.8) is 0 Å². The second kappa shape index (κ2) is 10.3. The van der Waals surface area contributed by atoms with Crippen LogP contribution in [-0.4, -0.2) is 40.1 Å². The van der Waals surface area contributed by atoms with Crippen molar-refractivity contribution in [1.82, 2.24) is 25.3 Å². The number of hydrogen-bond donors (Lipinski definition) is 2. The van der Waals surface area contributed by atoms with Gasteiger partial charge in [-0.1, -0.05) is 24.3 Å².